The zero-order chi connectivity index (χ0) is 13.0. The Labute approximate surface area is 121 Å². The zero-order valence-electron chi connectivity index (χ0n) is 10.2. The van der Waals surface area contributed by atoms with Gasteiger partial charge in [0.2, 0.25) is 0 Å². The van der Waals surface area contributed by atoms with Gasteiger partial charge in [0.15, 0.2) is 0 Å². The summed E-state index contributed by atoms with van der Waals surface area (Å²) in [4.78, 5) is 12.0. The average molecular weight is 331 g/mol. The van der Waals surface area contributed by atoms with Gasteiger partial charge in [-0.25, -0.2) is 0 Å². The molecule has 2 nitrogen and oxygen atoms in total. The van der Waals surface area contributed by atoms with Crippen molar-refractivity contribution in [2.24, 2.45) is 5.92 Å². The Bertz CT molecular complexity index is 424. The van der Waals surface area contributed by atoms with Crippen LogP contribution in [0, 0.1) is 5.92 Å². The Kier molecular flexibility index (Phi) is 5.07. The van der Waals surface area contributed by atoms with Crippen molar-refractivity contribution in [2.75, 3.05) is 6.54 Å². The van der Waals surface area contributed by atoms with E-state index in [1.807, 2.05) is 24.3 Å². The fourth-order valence-corrected chi connectivity index (χ4v) is 3.19. The van der Waals surface area contributed by atoms with Crippen LogP contribution in [-0.2, 0) is 0 Å². The Hall–Kier alpha value is -0.540. The highest BCUT2D eigenvalue weighted by atomic mass is 79.9. The summed E-state index contributed by atoms with van der Waals surface area (Å²) in [5.41, 5.74) is 0.680. The molecule has 98 valence electrons. The summed E-state index contributed by atoms with van der Waals surface area (Å²) in [6, 6.07) is 7.46. The van der Waals surface area contributed by atoms with Crippen LogP contribution in [0.5, 0.6) is 0 Å². The second-order valence-corrected chi connectivity index (χ2v) is 6.17. The van der Waals surface area contributed by atoms with Crippen LogP contribution in [0.4, 0.5) is 0 Å². The minimum atomic E-state index is -0.0306. The molecule has 0 spiro atoms. The van der Waals surface area contributed by atoms with Gasteiger partial charge in [0.25, 0.3) is 5.91 Å². The van der Waals surface area contributed by atoms with Gasteiger partial charge in [0.1, 0.15) is 0 Å². The molecule has 1 aromatic rings. The topological polar surface area (TPSA) is 29.1 Å². The molecule has 2 atom stereocenters. The number of rotatable bonds is 3. The van der Waals surface area contributed by atoms with Gasteiger partial charge < -0.3 is 5.32 Å². The van der Waals surface area contributed by atoms with Gasteiger partial charge in [-0.05, 0) is 46.8 Å². The predicted molar refractivity (Wildman–Crippen MR) is 78.1 cm³/mol. The van der Waals surface area contributed by atoms with Gasteiger partial charge in [-0.15, -0.1) is 11.6 Å². The van der Waals surface area contributed by atoms with Gasteiger partial charge in [0.05, 0.1) is 5.56 Å². The Morgan fingerprint density at radius 1 is 1.33 bits per heavy atom. The molecule has 2 rings (SSSR count). The number of benzene rings is 1. The molecule has 2 unspecified atom stereocenters. The van der Waals surface area contributed by atoms with Crippen molar-refractivity contribution in [3.63, 3.8) is 0 Å². The molecule has 18 heavy (non-hydrogen) atoms. The summed E-state index contributed by atoms with van der Waals surface area (Å²) in [5, 5.41) is 3.19. The molecular weight excluding hydrogens is 314 g/mol. The fourth-order valence-electron chi connectivity index (χ4n) is 2.36. The molecule has 0 saturated heterocycles. The molecule has 4 heteroatoms. The SMILES string of the molecule is O=C(NCC1CCCCC1Cl)c1ccccc1Br. The molecule has 1 fully saturated rings. The maximum atomic E-state index is 12.0. The lowest BCUT2D eigenvalue weighted by Gasteiger charge is -2.27. The largest absolute Gasteiger partial charge is 0.352 e. The van der Waals surface area contributed by atoms with Crippen LogP contribution < -0.4 is 5.32 Å². The van der Waals surface area contributed by atoms with Crippen molar-refractivity contribution in [1.82, 2.24) is 5.32 Å². The molecule has 1 aliphatic rings. The first-order valence-corrected chi connectivity index (χ1v) is 7.58. The van der Waals surface area contributed by atoms with Gasteiger partial charge in [0, 0.05) is 16.4 Å². The van der Waals surface area contributed by atoms with Crippen molar-refractivity contribution >= 4 is 33.4 Å². The summed E-state index contributed by atoms with van der Waals surface area (Å²) in [7, 11) is 0. The first kappa shape index (κ1) is 13.9. The summed E-state index contributed by atoms with van der Waals surface area (Å²) < 4.78 is 0.827. The lowest BCUT2D eigenvalue weighted by Crippen LogP contribution is -2.34. The molecule has 0 bridgehead atoms. The second-order valence-electron chi connectivity index (χ2n) is 4.75. The summed E-state index contributed by atoms with van der Waals surface area (Å²) in [6.07, 6.45) is 4.61. The number of carbonyl (C=O) groups is 1. The van der Waals surface area contributed by atoms with E-state index in [4.69, 9.17) is 11.6 Å². The highest BCUT2D eigenvalue weighted by Gasteiger charge is 2.23. The molecule has 0 aromatic heterocycles. The normalized spacial score (nSPS) is 23.7. The molecule has 1 amide bonds. The molecule has 0 radical (unpaired) electrons. The maximum absolute atomic E-state index is 12.0. The number of alkyl halides is 1. The van der Waals surface area contributed by atoms with Crippen molar-refractivity contribution in [2.45, 2.75) is 31.1 Å². The van der Waals surface area contributed by atoms with E-state index in [2.05, 4.69) is 21.2 Å². The third-order valence-electron chi connectivity index (χ3n) is 3.46. The van der Waals surface area contributed by atoms with Crippen LogP contribution in [0.1, 0.15) is 36.0 Å². The average Bonchev–Trinajstić information content (AvgIpc) is 2.38. The summed E-state index contributed by atoms with van der Waals surface area (Å²) >= 11 is 9.67. The standard InChI is InChI=1S/C14H17BrClNO/c15-12-7-3-2-6-11(12)14(18)17-9-10-5-1-4-8-13(10)16/h2-3,6-7,10,13H,1,4-5,8-9H2,(H,17,18). The number of nitrogens with one attached hydrogen (secondary N) is 1. The van der Waals surface area contributed by atoms with E-state index in [1.165, 1.54) is 12.8 Å². The van der Waals surface area contributed by atoms with Crippen LogP contribution >= 0.6 is 27.5 Å². The first-order valence-electron chi connectivity index (χ1n) is 6.35. The lowest BCUT2D eigenvalue weighted by atomic mass is 9.88. The molecule has 1 saturated carbocycles. The molecule has 0 heterocycles. The number of hydrogen-bond donors (Lipinski definition) is 1. The molecule has 1 N–H and O–H groups in total. The van der Waals surface area contributed by atoms with Crippen LogP contribution in [0.25, 0.3) is 0 Å². The zero-order valence-corrected chi connectivity index (χ0v) is 12.5. The van der Waals surface area contributed by atoms with Gasteiger partial charge in [-0.3, -0.25) is 4.79 Å². The lowest BCUT2D eigenvalue weighted by molar-refractivity contribution is 0.0943. The van der Waals surface area contributed by atoms with Gasteiger partial charge in [-0.2, -0.15) is 0 Å². The van der Waals surface area contributed by atoms with E-state index in [1.54, 1.807) is 0 Å². The molecule has 0 aliphatic heterocycles. The van der Waals surface area contributed by atoms with Crippen molar-refractivity contribution in [3.8, 4) is 0 Å². The number of carbonyl (C=O) groups excluding carboxylic acids is 1. The monoisotopic (exact) mass is 329 g/mol. The van der Waals surface area contributed by atoms with E-state index >= 15 is 0 Å². The van der Waals surface area contributed by atoms with Crippen LogP contribution in [0.15, 0.2) is 28.7 Å². The van der Waals surface area contributed by atoms with Crippen molar-refractivity contribution in [1.29, 1.82) is 0 Å². The summed E-state index contributed by atoms with van der Waals surface area (Å²) in [5.74, 6) is 0.378. The number of halogens is 2. The van der Waals surface area contributed by atoms with E-state index in [0.29, 0.717) is 18.0 Å². The second kappa shape index (κ2) is 6.58. The van der Waals surface area contributed by atoms with Gasteiger partial charge in [-0.1, -0.05) is 25.0 Å². The third kappa shape index (κ3) is 3.48. The first-order chi connectivity index (χ1) is 8.68. The highest BCUT2D eigenvalue weighted by molar-refractivity contribution is 9.10. The Morgan fingerprint density at radius 3 is 2.78 bits per heavy atom. The van der Waals surface area contributed by atoms with E-state index < -0.39 is 0 Å². The predicted octanol–water partition coefficient (Wildman–Crippen LogP) is 3.98. The minimum Gasteiger partial charge on any atom is -0.352 e. The van der Waals surface area contributed by atoms with Crippen LogP contribution in [-0.4, -0.2) is 17.8 Å². The molecule has 1 aromatic carbocycles. The number of hydrogen-bond acceptors (Lipinski definition) is 1. The number of amides is 1. The highest BCUT2D eigenvalue weighted by Crippen LogP contribution is 2.28. The third-order valence-corrected chi connectivity index (χ3v) is 4.73. The fraction of sp³-hybridized carbons (Fsp3) is 0.500. The maximum Gasteiger partial charge on any atom is 0.252 e. The van der Waals surface area contributed by atoms with Crippen LogP contribution in [0.2, 0.25) is 0 Å². The molecule has 1 aliphatic carbocycles. The minimum absolute atomic E-state index is 0.0306. The summed E-state index contributed by atoms with van der Waals surface area (Å²) in [6.45, 7) is 0.675. The smallest absolute Gasteiger partial charge is 0.252 e. The Morgan fingerprint density at radius 2 is 2.06 bits per heavy atom. The quantitative estimate of drug-likeness (QED) is 0.835. The molecular formula is C14H17BrClNO. The van der Waals surface area contributed by atoms with Crippen LogP contribution in [0.3, 0.4) is 0 Å². The Balaban J connectivity index is 1.90. The van der Waals surface area contributed by atoms with Crippen molar-refractivity contribution in [3.05, 3.63) is 34.3 Å². The van der Waals surface area contributed by atoms with Gasteiger partial charge >= 0.3 is 0 Å². The van der Waals surface area contributed by atoms with E-state index in [0.717, 1.165) is 17.3 Å². The van der Waals surface area contributed by atoms with E-state index in [-0.39, 0.29) is 11.3 Å². The van der Waals surface area contributed by atoms with E-state index in [9.17, 15) is 4.79 Å². The van der Waals surface area contributed by atoms with Crippen molar-refractivity contribution < 1.29 is 4.79 Å².